The number of nitriles is 1. The fourth-order valence-corrected chi connectivity index (χ4v) is 5.16. The molecule has 0 saturated carbocycles. The highest BCUT2D eigenvalue weighted by Gasteiger charge is 2.53. The molecule has 10 nitrogen and oxygen atoms in total. The van der Waals surface area contributed by atoms with Crippen LogP contribution in [-0.4, -0.2) is 72.7 Å². The zero-order valence-electron chi connectivity index (χ0n) is 20.9. The lowest BCUT2D eigenvalue weighted by Gasteiger charge is -2.37. The van der Waals surface area contributed by atoms with Crippen molar-refractivity contribution in [1.29, 1.82) is 5.26 Å². The van der Waals surface area contributed by atoms with E-state index < -0.39 is 72.4 Å². The van der Waals surface area contributed by atoms with Gasteiger partial charge < -0.3 is 25.6 Å². The van der Waals surface area contributed by atoms with Gasteiger partial charge in [-0.15, -0.1) is 0 Å². The summed E-state index contributed by atoms with van der Waals surface area (Å²) in [7, 11) is 1.10. The first-order valence-corrected chi connectivity index (χ1v) is 12.2. The maximum atomic E-state index is 13.7. The molecule has 3 rings (SSSR count). The van der Waals surface area contributed by atoms with E-state index in [4.69, 9.17) is 0 Å². The van der Waals surface area contributed by atoms with Gasteiger partial charge in [0.15, 0.2) is 0 Å². The van der Waals surface area contributed by atoms with Crippen molar-refractivity contribution in [1.82, 2.24) is 20.9 Å². The Bertz CT molecular complexity index is 992. The Kier molecular flexibility index (Phi) is 8.39. The molecule has 0 aromatic carbocycles. The zero-order valence-corrected chi connectivity index (χ0v) is 20.9. The van der Waals surface area contributed by atoms with Gasteiger partial charge in [0, 0.05) is 18.5 Å². The Balaban J connectivity index is 2.01. The van der Waals surface area contributed by atoms with Crippen LogP contribution in [0, 0.1) is 28.6 Å². The van der Waals surface area contributed by atoms with E-state index in [2.05, 4.69) is 20.7 Å². The Labute approximate surface area is 212 Å². The van der Waals surface area contributed by atoms with Gasteiger partial charge in [0.2, 0.25) is 17.7 Å². The molecule has 204 valence electrons. The number of nitrogens with one attached hydrogen (secondary N) is 3. The number of hydrogen-bond acceptors (Lipinski definition) is 6. The summed E-state index contributed by atoms with van der Waals surface area (Å²) in [4.78, 5) is 52.2. The van der Waals surface area contributed by atoms with Crippen LogP contribution in [0.25, 0.3) is 0 Å². The normalized spacial score (nSPS) is 33.5. The van der Waals surface area contributed by atoms with Crippen molar-refractivity contribution in [2.24, 2.45) is 17.3 Å². The first kappa shape index (κ1) is 28.3. The van der Waals surface area contributed by atoms with Crippen molar-refractivity contribution in [3.05, 3.63) is 12.2 Å². The number of alkyl carbamates (subject to hydrolysis) is 1. The summed E-state index contributed by atoms with van der Waals surface area (Å²) in [5.74, 6) is -4.54. The lowest BCUT2D eigenvalue weighted by Crippen LogP contribution is -2.58. The molecule has 2 fully saturated rings. The minimum atomic E-state index is -4.66. The molecule has 0 spiro atoms. The molecule has 3 heterocycles. The quantitative estimate of drug-likeness (QED) is 0.444. The van der Waals surface area contributed by atoms with Crippen molar-refractivity contribution < 1.29 is 37.1 Å². The smallest absolute Gasteiger partial charge is 0.407 e. The number of allylic oxidation sites excluding steroid dienone is 1. The molecule has 0 aromatic heterocycles. The fourth-order valence-electron chi connectivity index (χ4n) is 5.16. The van der Waals surface area contributed by atoms with Crippen LogP contribution in [0.5, 0.6) is 0 Å². The highest BCUT2D eigenvalue weighted by Crippen LogP contribution is 2.39. The summed E-state index contributed by atoms with van der Waals surface area (Å²) in [6, 6.07) is -2.30. The molecular weight excluding hydrogens is 495 g/mol. The van der Waals surface area contributed by atoms with Crippen molar-refractivity contribution in [2.75, 3.05) is 13.7 Å². The average molecular weight is 528 g/mol. The van der Waals surface area contributed by atoms with Crippen LogP contribution in [0.2, 0.25) is 0 Å². The molecule has 0 unspecified atom stereocenters. The van der Waals surface area contributed by atoms with Crippen molar-refractivity contribution in [3.63, 3.8) is 0 Å². The number of amides is 4. The van der Waals surface area contributed by atoms with Gasteiger partial charge in [0.05, 0.1) is 19.1 Å². The summed E-state index contributed by atoms with van der Waals surface area (Å²) >= 11 is 0. The van der Waals surface area contributed by atoms with Gasteiger partial charge in [-0.05, 0) is 37.5 Å². The summed E-state index contributed by atoms with van der Waals surface area (Å²) < 4.78 is 45.7. The molecule has 0 aromatic rings. The number of halogens is 3. The first-order chi connectivity index (χ1) is 17.3. The van der Waals surface area contributed by atoms with E-state index in [1.165, 1.54) is 0 Å². The van der Waals surface area contributed by atoms with Gasteiger partial charge in [0.1, 0.15) is 18.1 Å². The number of carbonyl (C=O) groups is 4. The fraction of sp³-hybridized carbons (Fsp3) is 0.708. The zero-order chi connectivity index (χ0) is 27.5. The number of fused-ring (bicyclic) bond motifs is 3. The van der Waals surface area contributed by atoms with Crippen LogP contribution >= 0.6 is 0 Å². The van der Waals surface area contributed by atoms with E-state index in [1.807, 2.05) is 18.2 Å². The van der Waals surface area contributed by atoms with Crippen LogP contribution in [0.4, 0.5) is 18.0 Å². The van der Waals surface area contributed by atoms with Crippen LogP contribution in [-0.2, 0) is 19.1 Å². The van der Waals surface area contributed by atoms with E-state index in [0.29, 0.717) is 19.3 Å². The number of hydrogen-bond donors (Lipinski definition) is 3. The Morgan fingerprint density at radius 2 is 1.89 bits per heavy atom. The molecule has 13 heteroatoms. The van der Waals surface area contributed by atoms with Crippen molar-refractivity contribution in [2.45, 2.75) is 76.3 Å². The summed E-state index contributed by atoms with van der Waals surface area (Å²) in [6.45, 7) is 2.61. The molecule has 37 heavy (non-hydrogen) atoms. The minimum Gasteiger partial charge on any atom is -0.453 e. The molecular formula is C24H32F3N5O5. The first-order valence-electron chi connectivity index (χ1n) is 12.2. The molecule has 0 radical (unpaired) electrons. The molecule has 0 aliphatic carbocycles. The maximum absolute atomic E-state index is 13.7. The van der Waals surface area contributed by atoms with E-state index in [-0.39, 0.29) is 18.4 Å². The third kappa shape index (κ3) is 6.53. The summed E-state index contributed by atoms with van der Waals surface area (Å²) in [5, 5.41) is 17.3. The van der Waals surface area contributed by atoms with Gasteiger partial charge in [-0.2, -0.15) is 18.4 Å². The van der Waals surface area contributed by atoms with Gasteiger partial charge in [0.25, 0.3) is 0 Å². The van der Waals surface area contributed by atoms with Crippen LogP contribution in [0.1, 0.15) is 46.0 Å². The third-order valence-corrected chi connectivity index (χ3v) is 7.38. The van der Waals surface area contributed by atoms with Crippen molar-refractivity contribution >= 4 is 23.8 Å². The SMILES string of the molecule is COC(=O)N[C@@H]1C(=O)N2C[C@H](C(F)(F)F)C[C@H]2C(=O)N[C@H](C#N)C[C@@H]2C[C@@H](/C=C/CCC1(C)C)NC2=O. The third-order valence-electron chi connectivity index (χ3n) is 7.38. The number of rotatable bonds is 1. The van der Waals surface area contributed by atoms with Gasteiger partial charge in [-0.3, -0.25) is 14.4 Å². The number of alkyl halides is 3. The Hall–Kier alpha value is -3.30. The number of carbonyl (C=O) groups excluding carboxylic acids is 4. The van der Waals surface area contributed by atoms with Crippen LogP contribution in [0.3, 0.4) is 0 Å². The second kappa shape index (κ2) is 11.0. The number of ether oxygens (including phenoxy) is 1. The van der Waals surface area contributed by atoms with Crippen LogP contribution in [0.15, 0.2) is 12.2 Å². The largest absolute Gasteiger partial charge is 0.453 e. The van der Waals surface area contributed by atoms with E-state index in [0.717, 1.165) is 12.0 Å². The lowest BCUT2D eigenvalue weighted by atomic mass is 9.79. The van der Waals surface area contributed by atoms with Gasteiger partial charge in [-0.25, -0.2) is 4.79 Å². The predicted molar refractivity (Wildman–Crippen MR) is 123 cm³/mol. The highest BCUT2D eigenvalue weighted by molar-refractivity contribution is 5.92. The monoisotopic (exact) mass is 527 g/mol. The number of nitrogens with zero attached hydrogens (tertiary/aromatic N) is 2. The Morgan fingerprint density at radius 3 is 2.51 bits per heavy atom. The molecule has 6 atom stereocenters. The van der Waals surface area contributed by atoms with E-state index in [9.17, 15) is 37.6 Å². The van der Waals surface area contributed by atoms with E-state index >= 15 is 0 Å². The van der Waals surface area contributed by atoms with Gasteiger partial charge >= 0.3 is 12.3 Å². The van der Waals surface area contributed by atoms with Crippen LogP contribution < -0.4 is 16.0 Å². The highest BCUT2D eigenvalue weighted by atomic mass is 19.4. The predicted octanol–water partition coefficient (Wildman–Crippen LogP) is 1.77. The minimum absolute atomic E-state index is 0.0126. The second-order valence-electron chi connectivity index (χ2n) is 10.5. The molecule has 4 amide bonds. The van der Waals surface area contributed by atoms with Crippen molar-refractivity contribution in [3.8, 4) is 6.07 Å². The molecule has 2 bridgehead atoms. The summed E-state index contributed by atoms with van der Waals surface area (Å²) in [6.07, 6.45) is -1.43. The standard InChI is InChI=1S/C24H32F3N5O5/c1-23(2)7-5-4-6-15-8-13(19(33)29-15)9-16(11-28)30-20(34)17-10-14(24(25,26)27)12-32(17)21(35)18(23)31-22(36)37-3/h4,6,13-18H,5,7-10,12H2,1-3H3,(H,29,33)(H,30,34)(H,31,36)/b6-4+/t13-,14+,15+,16-,17-,18+/m0/s1. The topological polar surface area (TPSA) is 141 Å². The van der Waals surface area contributed by atoms with Gasteiger partial charge in [-0.1, -0.05) is 26.0 Å². The second-order valence-corrected chi connectivity index (χ2v) is 10.5. The van der Waals surface area contributed by atoms with E-state index in [1.54, 1.807) is 13.8 Å². The molecule has 3 N–H and O–H groups in total. The molecule has 2 saturated heterocycles. The average Bonchev–Trinajstić information content (AvgIpc) is 3.42. The summed E-state index contributed by atoms with van der Waals surface area (Å²) in [5.41, 5.74) is -0.944. The lowest BCUT2D eigenvalue weighted by molar-refractivity contribution is -0.171. The number of methoxy groups -OCH3 is 1. The molecule has 3 aliphatic heterocycles. The molecule has 3 aliphatic rings. The Morgan fingerprint density at radius 1 is 1.19 bits per heavy atom. The maximum Gasteiger partial charge on any atom is 0.407 e.